The van der Waals surface area contributed by atoms with Crippen LogP contribution in [0.4, 0.5) is 0 Å². The van der Waals surface area contributed by atoms with Crippen LogP contribution in [-0.2, 0) is 15.3 Å². The van der Waals surface area contributed by atoms with Crippen molar-refractivity contribution >= 4 is 0 Å². The number of methoxy groups -OCH3 is 1. The molecule has 1 saturated heterocycles. The van der Waals surface area contributed by atoms with E-state index in [2.05, 4.69) is 13.8 Å². The molecule has 1 aliphatic heterocycles. The summed E-state index contributed by atoms with van der Waals surface area (Å²) in [5.74, 6) is -0.511. The maximum atomic E-state index is 5.75. The molecule has 0 bridgehead atoms. The van der Waals surface area contributed by atoms with Gasteiger partial charge in [-0.3, -0.25) is 0 Å². The lowest BCUT2D eigenvalue weighted by molar-refractivity contribution is -0.0149. The molecule has 2 atom stereocenters. The Labute approximate surface area is 84.8 Å². The van der Waals surface area contributed by atoms with Gasteiger partial charge in [0.25, 0.3) is 0 Å². The molecule has 0 N–H and O–H groups in total. The Kier molecular flexibility index (Phi) is 2.13. The number of hydrogen-bond acceptors (Lipinski definition) is 2. The van der Waals surface area contributed by atoms with Gasteiger partial charge in [-0.05, 0) is 13.3 Å². The van der Waals surface area contributed by atoms with E-state index in [4.69, 9.17) is 9.47 Å². The third-order valence-corrected chi connectivity index (χ3v) is 3.14. The Morgan fingerprint density at radius 1 is 1.29 bits per heavy atom. The maximum Gasteiger partial charge on any atom is 0.225 e. The van der Waals surface area contributed by atoms with Gasteiger partial charge in [-0.15, -0.1) is 0 Å². The third-order valence-electron chi connectivity index (χ3n) is 3.14. The van der Waals surface area contributed by atoms with E-state index in [0.717, 1.165) is 12.0 Å². The second-order valence-electron chi connectivity index (χ2n) is 3.87. The molecule has 2 nitrogen and oxygen atoms in total. The molecule has 0 saturated carbocycles. The van der Waals surface area contributed by atoms with Crippen LogP contribution >= 0.6 is 0 Å². The highest BCUT2D eigenvalue weighted by Crippen LogP contribution is 2.57. The summed E-state index contributed by atoms with van der Waals surface area (Å²) in [4.78, 5) is 0. The van der Waals surface area contributed by atoms with E-state index >= 15 is 0 Å². The van der Waals surface area contributed by atoms with Crippen molar-refractivity contribution in [3.63, 3.8) is 0 Å². The van der Waals surface area contributed by atoms with E-state index in [0.29, 0.717) is 0 Å². The second kappa shape index (κ2) is 3.07. The lowest BCUT2D eigenvalue weighted by atomic mass is 9.95. The summed E-state index contributed by atoms with van der Waals surface area (Å²) < 4.78 is 11.3. The SMILES string of the molecule is CCC1(C)OC1(OC)c1ccccc1. The summed E-state index contributed by atoms with van der Waals surface area (Å²) in [7, 11) is 1.70. The van der Waals surface area contributed by atoms with Crippen LogP contribution in [0.2, 0.25) is 0 Å². The first kappa shape index (κ1) is 9.69. The molecule has 2 unspecified atom stereocenters. The van der Waals surface area contributed by atoms with Crippen LogP contribution in [0.5, 0.6) is 0 Å². The largest absolute Gasteiger partial charge is 0.347 e. The van der Waals surface area contributed by atoms with E-state index < -0.39 is 5.79 Å². The standard InChI is InChI=1S/C12H16O2/c1-4-11(2)12(13-3,14-11)10-8-6-5-7-9-10/h5-9H,4H2,1-3H3. The van der Waals surface area contributed by atoms with Crippen molar-refractivity contribution in [3.8, 4) is 0 Å². The smallest absolute Gasteiger partial charge is 0.225 e. The molecule has 0 radical (unpaired) electrons. The fraction of sp³-hybridized carbons (Fsp3) is 0.500. The average Bonchev–Trinajstić information content (AvgIpc) is 2.88. The van der Waals surface area contributed by atoms with Gasteiger partial charge in [0, 0.05) is 12.7 Å². The van der Waals surface area contributed by atoms with Crippen molar-refractivity contribution in [2.24, 2.45) is 0 Å². The molecule has 2 heteroatoms. The number of hydrogen-bond donors (Lipinski definition) is 0. The van der Waals surface area contributed by atoms with Gasteiger partial charge in [-0.2, -0.15) is 0 Å². The summed E-state index contributed by atoms with van der Waals surface area (Å²) in [5.41, 5.74) is 0.940. The average molecular weight is 192 g/mol. The van der Waals surface area contributed by atoms with Crippen LogP contribution in [0, 0.1) is 0 Å². The molecule has 0 amide bonds. The zero-order valence-corrected chi connectivity index (χ0v) is 8.91. The molecule has 1 aliphatic rings. The Balaban J connectivity index is 2.34. The monoisotopic (exact) mass is 192 g/mol. The van der Waals surface area contributed by atoms with E-state index in [1.165, 1.54) is 0 Å². The first-order chi connectivity index (χ1) is 6.68. The molecule has 2 rings (SSSR count). The first-order valence-electron chi connectivity index (χ1n) is 4.99. The molecule has 1 fully saturated rings. The van der Waals surface area contributed by atoms with E-state index in [1.807, 2.05) is 30.3 Å². The fourth-order valence-electron chi connectivity index (χ4n) is 1.99. The van der Waals surface area contributed by atoms with Crippen molar-refractivity contribution in [2.45, 2.75) is 31.7 Å². The van der Waals surface area contributed by atoms with E-state index in [-0.39, 0.29) is 5.60 Å². The van der Waals surface area contributed by atoms with Gasteiger partial charge in [0.15, 0.2) is 0 Å². The fourth-order valence-corrected chi connectivity index (χ4v) is 1.99. The van der Waals surface area contributed by atoms with Crippen molar-refractivity contribution < 1.29 is 9.47 Å². The van der Waals surface area contributed by atoms with E-state index in [9.17, 15) is 0 Å². The zero-order valence-electron chi connectivity index (χ0n) is 8.91. The van der Waals surface area contributed by atoms with Gasteiger partial charge < -0.3 is 9.47 Å². The minimum atomic E-state index is -0.511. The lowest BCUT2D eigenvalue weighted by Crippen LogP contribution is -2.22. The molecular formula is C12H16O2. The number of rotatable bonds is 3. The number of benzene rings is 1. The first-order valence-corrected chi connectivity index (χ1v) is 4.99. The summed E-state index contributed by atoms with van der Waals surface area (Å²) in [6.07, 6.45) is 0.954. The molecule has 1 heterocycles. The van der Waals surface area contributed by atoms with Crippen LogP contribution in [0.1, 0.15) is 25.8 Å². The van der Waals surface area contributed by atoms with Gasteiger partial charge in [-0.25, -0.2) is 0 Å². The minimum absolute atomic E-state index is 0.164. The summed E-state index contributed by atoms with van der Waals surface area (Å²) in [5, 5.41) is 0. The molecular weight excluding hydrogens is 176 g/mol. The van der Waals surface area contributed by atoms with Crippen LogP contribution < -0.4 is 0 Å². The van der Waals surface area contributed by atoms with Gasteiger partial charge in [0.2, 0.25) is 5.79 Å². The van der Waals surface area contributed by atoms with Gasteiger partial charge in [0.05, 0.1) is 0 Å². The summed E-state index contributed by atoms with van der Waals surface area (Å²) in [6.45, 7) is 4.20. The second-order valence-corrected chi connectivity index (χ2v) is 3.87. The van der Waals surface area contributed by atoms with Crippen molar-refractivity contribution in [1.82, 2.24) is 0 Å². The lowest BCUT2D eigenvalue weighted by Gasteiger charge is -2.14. The predicted molar refractivity (Wildman–Crippen MR) is 54.9 cm³/mol. The molecule has 0 spiro atoms. The van der Waals surface area contributed by atoms with Crippen LogP contribution in [-0.4, -0.2) is 12.7 Å². The maximum absolute atomic E-state index is 5.75. The highest BCUT2D eigenvalue weighted by Gasteiger charge is 2.68. The quantitative estimate of drug-likeness (QED) is 0.687. The van der Waals surface area contributed by atoms with Crippen LogP contribution in [0.25, 0.3) is 0 Å². The molecule has 0 aliphatic carbocycles. The predicted octanol–water partition coefficient (Wildman–Crippen LogP) is 2.68. The Bertz CT molecular complexity index is 322. The topological polar surface area (TPSA) is 21.8 Å². The highest BCUT2D eigenvalue weighted by atomic mass is 16.8. The minimum Gasteiger partial charge on any atom is -0.347 e. The Hall–Kier alpha value is -0.860. The highest BCUT2D eigenvalue weighted by molar-refractivity contribution is 5.29. The molecule has 14 heavy (non-hydrogen) atoms. The van der Waals surface area contributed by atoms with Gasteiger partial charge in [0.1, 0.15) is 5.60 Å². The summed E-state index contributed by atoms with van der Waals surface area (Å²) >= 11 is 0. The molecule has 76 valence electrons. The third kappa shape index (κ3) is 1.11. The van der Waals surface area contributed by atoms with E-state index in [1.54, 1.807) is 7.11 Å². The van der Waals surface area contributed by atoms with Crippen LogP contribution in [0.3, 0.4) is 0 Å². The number of epoxide rings is 1. The Morgan fingerprint density at radius 3 is 2.36 bits per heavy atom. The zero-order chi connectivity index (χ0) is 10.2. The van der Waals surface area contributed by atoms with Crippen LogP contribution in [0.15, 0.2) is 30.3 Å². The molecule has 1 aromatic carbocycles. The Morgan fingerprint density at radius 2 is 1.93 bits per heavy atom. The number of ether oxygens (including phenoxy) is 2. The van der Waals surface area contributed by atoms with Gasteiger partial charge >= 0.3 is 0 Å². The normalized spacial score (nSPS) is 35.6. The van der Waals surface area contributed by atoms with Gasteiger partial charge in [-0.1, -0.05) is 37.3 Å². The van der Waals surface area contributed by atoms with Crippen molar-refractivity contribution in [1.29, 1.82) is 0 Å². The van der Waals surface area contributed by atoms with Crippen molar-refractivity contribution in [2.75, 3.05) is 7.11 Å². The molecule has 1 aromatic rings. The van der Waals surface area contributed by atoms with Crippen molar-refractivity contribution in [3.05, 3.63) is 35.9 Å². The summed E-state index contributed by atoms with van der Waals surface area (Å²) in [6, 6.07) is 10.1. The molecule has 0 aromatic heterocycles.